The summed E-state index contributed by atoms with van der Waals surface area (Å²) in [4.78, 5) is 2.61. The van der Waals surface area contributed by atoms with Gasteiger partial charge in [0.2, 0.25) is 0 Å². The Bertz CT molecular complexity index is 244. The Morgan fingerprint density at radius 1 is 1.44 bits per heavy atom. The molecule has 94 valence electrons. The van der Waals surface area contributed by atoms with Gasteiger partial charge in [0.15, 0.2) is 0 Å². The minimum absolute atomic E-state index is 0.144. The molecule has 0 amide bonds. The number of aliphatic hydroxyl groups is 1. The summed E-state index contributed by atoms with van der Waals surface area (Å²) in [5.74, 6) is 1.66. The maximum atomic E-state index is 9.28. The minimum atomic E-state index is -0.291. The van der Waals surface area contributed by atoms with Crippen molar-refractivity contribution in [2.24, 2.45) is 17.6 Å². The summed E-state index contributed by atoms with van der Waals surface area (Å²) in [6, 6.07) is 0.626. The molecule has 0 spiro atoms. The third kappa shape index (κ3) is 2.41. The molecule has 3 heteroatoms. The minimum Gasteiger partial charge on any atom is -0.394 e. The fraction of sp³-hybridized carbons (Fsp3) is 1.00. The Labute approximate surface area is 99.0 Å². The normalized spacial score (nSPS) is 41.1. The second-order valence-electron chi connectivity index (χ2n) is 6.20. The van der Waals surface area contributed by atoms with Gasteiger partial charge in [0.25, 0.3) is 0 Å². The number of hydrogen-bond acceptors (Lipinski definition) is 3. The van der Waals surface area contributed by atoms with E-state index >= 15 is 0 Å². The fourth-order valence-electron chi connectivity index (χ4n) is 3.27. The van der Waals surface area contributed by atoms with Crippen LogP contribution < -0.4 is 5.73 Å². The predicted octanol–water partition coefficient (Wildman–Crippen LogP) is 1.21. The summed E-state index contributed by atoms with van der Waals surface area (Å²) in [7, 11) is 0. The van der Waals surface area contributed by atoms with E-state index in [1.54, 1.807) is 0 Å². The Balaban J connectivity index is 1.87. The standard InChI is InChI=1S/C13H26N2O/c1-10(2)11-4-6-15(8-11)12-3-5-13(14,7-12)9-16/h10-12,16H,3-9,14H2,1-2H3. The van der Waals surface area contributed by atoms with Crippen LogP contribution in [-0.4, -0.2) is 41.3 Å². The zero-order valence-electron chi connectivity index (χ0n) is 10.7. The topological polar surface area (TPSA) is 49.5 Å². The average molecular weight is 226 g/mol. The van der Waals surface area contributed by atoms with Crippen molar-refractivity contribution >= 4 is 0 Å². The van der Waals surface area contributed by atoms with Crippen LogP contribution in [0.4, 0.5) is 0 Å². The molecule has 3 N–H and O–H groups in total. The second kappa shape index (κ2) is 4.63. The molecule has 1 heterocycles. The predicted molar refractivity (Wildman–Crippen MR) is 66.2 cm³/mol. The third-order valence-electron chi connectivity index (χ3n) is 4.65. The first kappa shape index (κ1) is 12.3. The van der Waals surface area contributed by atoms with Crippen molar-refractivity contribution in [3.63, 3.8) is 0 Å². The van der Waals surface area contributed by atoms with Gasteiger partial charge in [-0.05, 0) is 44.1 Å². The summed E-state index contributed by atoms with van der Waals surface area (Å²) in [6.45, 7) is 7.26. The van der Waals surface area contributed by atoms with Gasteiger partial charge in [0, 0.05) is 18.1 Å². The van der Waals surface area contributed by atoms with Crippen LogP contribution in [0.25, 0.3) is 0 Å². The quantitative estimate of drug-likeness (QED) is 0.760. The lowest BCUT2D eigenvalue weighted by atomic mass is 9.95. The van der Waals surface area contributed by atoms with E-state index in [0.717, 1.165) is 24.7 Å². The van der Waals surface area contributed by atoms with Crippen molar-refractivity contribution in [1.29, 1.82) is 0 Å². The van der Waals surface area contributed by atoms with Gasteiger partial charge in [-0.15, -0.1) is 0 Å². The molecule has 0 aromatic rings. The molecule has 0 aromatic heterocycles. The van der Waals surface area contributed by atoms with Crippen molar-refractivity contribution in [2.75, 3.05) is 19.7 Å². The summed E-state index contributed by atoms with van der Waals surface area (Å²) < 4.78 is 0. The van der Waals surface area contributed by atoms with Crippen molar-refractivity contribution in [1.82, 2.24) is 4.90 Å². The highest BCUT2D eigenvalue weighted by Gasteiger charge is 2.40. The lowest BCUT2D eigenvalue weighted by Gasteiger charge is -2.27. The number of nitrogens with two attached hydrogens (primary N) is 1. The Morgan fingerprint density at radius 2 is 2.19 bits per heavy atom. The van der Waals surface area contributed by atoms with Crippen LogP contribution >= 0.6 is 0 Å². The molecule has 2 aliphatic rings. The van der Waals surface area contributed by atoms with E-state index in [4.69, 9.17) is 5.73 Å². The van der Waals surface area contributed by atoms with Crippen LogP contribution in [0.15, 0.2) is 0 Å². The van der Waals surface area contributed by atoms with E-state index in [1.807, 2.05) is 0 Å². The first-order valence-electron chi connectivity index (χ1n) is 6.68. The molecule has 16 heavy (non-hydrogen) atoms. The summed E-state index contributed by atoms with van der Waals surface area (Å²) in [5, 5.41) is 9.28. The first-order chi connectivity index (χ1) is 7.54. The van der Waals surface area contributed by atoms with Crippen LogP contribution in [0.5, 0.6) is 0 Å². The molecular formula is C13H26N2O. The van der Waals surface area contributed by atoms with Crippen LogP contribution in [0.1, 0.15) is 39.5 Å². The third-order valence-corrected chi connectivity index (χ3v) is 4.65. The molecular weight excluding hydrogens is 200 g/mol. The van der Waals surface area contributed by atoms with Crippen molar-refractivity contribution < 1.29 is 5.11 Å². The van der Waals surface area contributed by atoms with E-state index in [1.165, 1.54) is 25.9 Å². The van der Waals surface area contributed by atoms with E-state index < -0.39 is 0 Å². The number of hydrogen-bond donors (Lipinski definition) is 2. The van der Waals surface area contributed by atoms with Crippen LogP contribution in [0.2, 0.25) is 0 Å². The van der Waals surface area contributed by atoms with Gasteiger partial charge in [0.1, 0.15) is 0 Å². The van der Waals surface area contributed by atoms with Gasteiger partial charge in [-0.25, -0.2) is 0 Å². The van der Waals surface area contributed by atoms with E-state index in [2.05, 4.69) is 18.7 Å². The van der Waals surface area contributed by atoms with E-state index in [0.29, 0.717) is 6.04 Å². The SMILES string of the molecule is CC(C)C1CCN(C2CCC(N)(CO)C2)C1. The lowest BCUT2D eigenvalue weighted by molar-refractivity contribution is 0.177. The number of rotatable bonds is 3. The molecule has 3 unspecified atom stereocenters. The Hall–Kier alpha value is -0.120. The average Bonchev–Trinajstić information content (AvgIpc) is 2.84. The van der Waals surface area contributed by atoms with E-state index in [-0.39, 0.29) is 12.1 Å². The summed E-state index contributed by atoms with van der Waals surface area (Å²) in [5.41, 5.74) is 5.84. The summed E-state index contributed by atoms with van der Waals surface area (Å²) in [6.07, 6.45) is 4.47. The lowest BCUT2D eigenvalue weighted by Crippen LogP contribution is -2.43. The molecule has 1 aliphatic heterocycles. The zero-order chi connectivity index (χ0) is 11.8. The first-order valence-corrected chi connectivity index (χ1v) is 6.68. The fourth-order valence-corrected chi connectivity index (χ4v) is 3.27. The van der Waals surface area contributed by atoms with Crippen LogP contribution in [0, 0.1) is 11.8 Å². The van der Waals surface area contributed by atoms with Gasteiger partial charge in [-0.2, -0.15) is 0 Å². The number of aliphatic hydroxyl groups excluding tert-OH is 1. The monoisotopic (exact) mass is 226 g/mol. The zero-order valence-corrected chi connectivity index (χ0v) is 10.7. The molecule has 1 saturated carbocycles. The van der Waals surface area contributed by atoms with Gasteiger partial charge in [0.05, 0.1) is 6.61 Å². The molecule has 0 radical (unpaired) electrons. The van der Waals surface area contributed by atoms with Crippen molar-refractivity contribution in [2.45, 2.75) is 51.1 Å². The van der Waals surface area contributed by atoms with Gasteiger partial charge in [-0.3, -0.25) is 0 Å². The van der Waals surface area contributed by atoms with Crippen molar-refractivity contribution in [3.8, 4) is 0 Å². The largest absolute Gasteiger partial charge is 0.394 e. The maximum Gasteiger partial charge on any atom is 0.0611 e. The van der Waals surface area contributed by atoms with Crippen molar-refractivity contribution in [3.05, 3.63) is 0 Å². The second-order valence-corrected chi connectivity index (χ2v) is 6.20. The Morgan fingerprint density at radius 3 is 2.69 bits per heavy atom. The molecule has 1 saturated heterocycles. The molecule has 2 fully saturated rings. The number of likely N-dealkylation sites (tertiary alicyclic amines) is 1. The maximum absolute atomic E-state index is 9.28. The summed E-state index contributed by atoms with van der Waals surface area (Å²) >= 11 is 0. The van der Waals surface area contributed by atoms with Gasteiger partial charge < -0.3 is 15.7 Å². The smallest absolute Gasteiger partial charge is 0.0611 e. The molecule has 2 rings (SSSR count). The highest BCUT2D eigenvalue weighted by molar-refractivity contribution is 4.98. The number of nitrogens with zero attached hydrogens (tertiary/aromatic N) is 1. The highest BCUT2D eigenvalue weighted by Crippen LogP contribution is 2.35. The van der Waals surface area contributed by atoms with Crippen LogP contribution in [-0.2, 0) is 0 Å². The van der Waals surface area contributed by atoms with Gasteiger partial charge >= 0.3 is 0 Å². The molecule has 3 nitrogen and oxygen atoms in total. The highest BCUT2D eigenvalue weighted by atomic mass is 16.3. The molecule has 0 aromatic carbocycles. The molecule has 3 atom stereocenters. The van der Waals surface area contributed by atoms with E-state index in [9.17, 15) is 5.11 Å². The molecule has 1 aliphatic carbocycles. The molecule has 0 bridgehead atoms. The Kier molecular flexibility index (Phi) is 3.57. The van der Waals surface area contributed by atoms with Gasteiger partial charge in [-0.1, -0.05) is 13.8 Å². The van der Waals surface area contributed by atoms with Crippen LogP contribution in [0.3, 0.4) is 0 Å².